The van der Waals surface area contributed by atoms with Gasteiger partial charge in [-0.05, 0) is 48.4 Å². The molecule has 3 aromatic carbocycles. The first-order valence-electron chi connectivity index (χ1n) is 9.56. The van der Waals surface area contributed by atoms with E-state index in [1.807, 2.05) is 0 Å². The molecule has 0 atom stereocenters. The van der Waals surface area contributed by atoms with E-state index in [2.05, 4.69) is 5.10 Å². The number of hydrogen-bond donors (Lipinski definition) is 0. The number of fused-ring (bicyclic) bond motifs is 1. The summed E-state index contributed by atoms with van der Waals surface area (Å²) in [6.07, 6.45) is 1.27. The molecule has 0 aliphatic rings. The fourth-order valence-electron chi connectivity index (χ4n) is 3.46. The molecule has 0 saturated carbocycles. The van der Waals surface area contributed by atoms with Crippen molar-refractivity contribution in [3.8, 4) is 5.75 Å². The summed E-state index contributed by atoms with van der Waals surface area (Å²) in [6, 6.07) is 13.7. The summed E-state index contributed by atoms with van der Waals surface area (Å²) < 4.78 is 47.0. The second kappa shape index (κ2) is 8.37. The van der Waals surface area contributed by atoms with Gasteiger partial charge in [0.15, 0.2) is 5.78 Å². The fourth-order valence-corrected chi connectivity index (χ4v) is 5.24. The molecule has 4 rings (SSSR count). The Balaban J connectivity index is 1.77. The zero-order valence-corrected chi connectivity index (χ0v) is 18.7. The van der Waals surface area contributed by atoms with E-state index in [0.717, 1.165) is 9.65 Å². The van der Waals surface area contributed by atoms with E-state index in [0.29, 0.717) is 16.5 Å². The van der Waals surface area contributed by atoms with Gasteiger partial charge in [0.25, 0.3) is 10.0 Å². The smallest absolute Gasteiger partial charge is 0.287 e. The lowest BCUT2D eigenvalue weighted by molar-refractivity contribution is 0.0989. The molecule has 164 valence electrons. The molecule has 1 aromatic heterocycles. The predicted octanol–water partition coefficient (Wildman–Crippen LogP) is 4.81. The molecule has 1 heterocycles. The van der Waals surface area contributed by atoms with Crippen LogP contribution in [0.2, 0.25) is 5.02 Å². The third kappa shape index (κ3) is 3.87. The van der Waals surface area contributed by atoms with Gasteiger partial charge < -0.3 is 4.74 Å². The minimum atomic E-state index is -4.08. The lowest BCUT2D eigenvalue weighted by Gasteiger charge is -2.11. The number of nitrogens with zero attached hydrogens (tertiary/aromatic N) is 2. The SMILES string of the molecule is COc1ccc(C)cc1S(=O)(=O)n1ncc2ccc(CC(=O)c3c(F)cccc3Cl)cc21. The normalized spacial score (nSPS) is 11.6. The summed E-state index contributed by atoms with van der Waals surface area (Å²) in [6.45, 7) is 1.78. The molecule has 9 heteroatoms. The highest BCUT2D eigenvalue weighted by atomic mass is 35.5. The number of hydrogen-bond acceptors (Lipinski definition) is 5. The average molecular weight is 473 g/mol. The molecule has 0 unspecified atom stereocenters. The van der Waals surface area contributed by atoms with Gasteiger partial charge >= 0.3 is 0 Å². The van der Waals surface area contributed by atoms with Crippen LogP contribution in [0.15, 0.2) is 65.7 Å². The second-order valence-electron chi connectivity index (χ2n) is 7.24. The number of carbonyl (C=O) groups excluding carboxylic acids is 1. The van der Waals surface area contributed by atoms with E-state index < -0.39 is 21.6 Å². The zero-order chi connectivity index (χ0) is 23.0. The number of aromatic nitrogens is 2. The first-order valence-corrected chi connectivity index (χ1v) is 11.4. The van der Waals surface area contributed by atoms with E-state index in [9.17, 15) is 17.6 Å². The number of carbonyl (C=O) groups is 1. The quantitative estimate of drug-likeness (QED) is 0.376. The summed E-state index contributed by atoms with van der Waals surface area (Å²) in [5.41, 5.74) is 1.34. The molecule has 0 aliphatic carbocycles. The maximum atomic E-state index is 14.1. The molecule has 0 radical (unpaired) electrons. The minimum absolute atomic E-state index is 0.0234. The summed E-state index contributed by atoms with van der Waals surface area (Å²) in [4.78, 5) is 12.6. The van der Waals surface area contributed by atoms with Crippen LogP contribution in [0, 0.1) is 12.7 Å². The van der Waals surface area contributed by atoms with Crippen LogP contribution in [0.25, 0.3) is 10.9 Å². The summed E-state index contributed by atoms with van der Waals surface area (Å²) in [5.74, 6) is -1.02. The number of ether oxygens (including phenoxy) is 1. The predicted molar refractivity (Wildman–Crippen MR) is 119 cm³/mol. The van der Waals surface area contributed by atoms with Crippen LogP contribution in [0.4, 0.5) is 4.39 Å². The van der Waals surface area contributed by atoms with Gasteiger partial charge in [0.05, 0.1) is 29.4 Å². The van der Waals surface area contributed by atoms with Gasteiger partial charge in [-0.25, -0.2) is 4.39 Å². The molecule has 0 fully saturated rings. The lowest BCUT2D eigenvalue weighted by atomic mass is 10.0. The van der Waals surface area contributed by atoms with E-state index in [1.165, 1.54) is 37.6 Å². The van der Waals surface area contributed by atoms with Crippen LogP contribution in [0.3, 0.4) is 0 Å². The molecular weight excluding hydrogens is 455 g/mol. The standard InChI is InChI=1S/C23H18ClFN2O4S/c1-14-6-9-21(31-2)22(10-14)32(29,30)27-19-11-15(7-8-16(19)13-26-27)12-20(28)23-17(24)4-3-5-18(23)25/h3-11,13H,12H2,1-2H3. The first-order chi connectivity index (χ1) is 15.2. The number of aryl methyl sites for hydroxylation is 1. The maximum Gasteiger partial charge on any atom is 0.287 e. The number of benzene rings is 3. The maximum absolute atomic E-state index is 14.1. The topological polar surface area (TPSA) is 78.3 Å². The molecule has 0 aliphatic heterocycles. The van der Waals surface area contributed by atoms with E-state index in [-0.39, 0.29) is 27.7 Å². The molecule has 0 saturated heterocycles. The van der Waals surface area contributed by atoms with Crippen LogP contribution in [0.1, 0.15) is 21.5 Å². The van der Waals surface area contributed by atoms with Crippen molar-refractivity contribution in [2.24, 2.45) is 0 Å². The highest BCUT2D eigenvalue weighted by Gasteiger charge is 2.25. The van der Waals surface area contributed by atoms with Gasteiger partial charge in [0.1, 0.15) is 16.5 Å². The highest BCUT2D eigenvalue weighted by molar-refractivity contribution is 7.90. The monoisotopic (exact) mass is 472 g/mol. The van der Waals surface area contributed by atoms with E-state index in [4.69, 9.17) is 16.3 Å². The van der Waals surface area contributed by atoms with Gasteiger partial charge in [-0.2, -0.15) is 17.6 Å². The number of methoxy groups -OCH3 is 1. The summed E-state index contributed by atoms with van der Waals surface area (Å²) >= 11 is 6.00. The van der Waals surface area contributed by atoms with Crippen LogP contribution < -0.4 is 4.74 Å². The Morgan fingerprint density at radius 3 is 2.66 bits per heavy atom. The van der Waals surface area contributed by atoms with Gasteiger partial charge in [-0.1, -0.05) is 35.9 Å². The molecule has 32 heavy (non-hydrogen) atoms. The van der Waals surface area contributed by atoms with E-state index in [1.54, 1.807) is 37.3 Å². The molecule has 0 N–H and O–H groups in total. The van der Waals surface area contributed by atoms with Crippen molar-refractivity contribution in [2.75, 3.05) is 7.11 Å². The van der Waals surface area contributed by atoms with Gasteiger partial charge in [0.2, 0.25) is 0 Å². The number of ketones is 1. The summed E-state index contributed by atoms with van der Waals surface area (Å²) in [7, 11) is -2.69. The Bertz CT molecular complexity index is 1440. The van der Waals surface area contributed by atoms with Crippen molar-refractivity contribution < 1.29 is 22.3 Å². The van der Waals surface area contributed by atoms with Crippen molar-refractivity contribution in [1.29, 1.82) is 0 Å². The van der Waals surface area contributed by atoms with Crippen molar-refractivity contribution in [2.45, 2.75) is 18.2 Å². The van der Waals surface area contributed by atoms with Gasteiger partial charge in [0, 0.05) is 11.8 Å². The molecular formula is C23H18ClFN2O4S. The van der Waals surface area contributed by atoms with Crippen molar-refractivity contribution in [3.63, 3.8) is 0 Å². The number of rotatable bonds is 6. The molecule has 0 amide bonds. The third-order valence-electron chi connectivity index (χ3n) is 5.03. The highest BCUT2D eigenvalue weighted by Crippen LogP contribution is 2.29. The zero-order valence-electron chi connectivity index (χ0n) is 17.2. The Morgan fingerprint density at radius 1 is 1.16 bits per heavy atom. The molecule has 6 nitrogen and oxygen atoms in total. The van der Waals surface area contributed by atoms with Crippen LogP contribution in [-0.2, 0) is 16.4 Å². The lowest BCUT2D eigenvalue weighted by Crippen LogP contribution is -2.16. The van der Waals surface area contributed by atoms with Gasteiger partial charge in [-0.3, -0.25) is 4.79 Å². The fraction of sp³-hybridized carbons (Fsp3) is 0.130. The Labute approximate surface area is 189 Å². The number of Topliss-reactive ketones (excluding diaryl/α,β-unsaturated/α-hetero) is 1. The Morgan fingerprint density at radius 2 is 1.94 bits per heavy atom. The minimum Gasteiger partial charge on any atom is -0.495 e. The molecule has 0 bridgehead atoms. The molecule has 0 spiro atoms. The summed E-state index contributed by atoms with van der Waals surface area (Å²) in [5, 5.41) is 4.66. The Hall–Kier alpha value is -3.23. The van der Waals surface area contributed by atoms with E-state index >= 15 is 0 Å². The average Bonchev–Trinajstić information content (AvgIpc) is 3.17. The van der Waals surface area contributed by atoms with Crippen LogP contribution >= 0.6 is 11.6 Å². The molecule has 4 aromatic rings. The third-order valence-corrected chi connectivity index (χ3v) is 6.97. The van der Waals surface area contributed by atoms with Crippen LogP contribution in [0.5, 0.6) is 5.75 Å². The van der Waals surface area contributed by atoms with Crippen molar-refractivity contribution in [3.05, 3.63) is 88.3 Å². The Kier molecular flexibility index (Phi) is 5.75. The number of halogens is 2. The first kappa shape index (κ1) is 22.0. The van der Waals surface area contributed by atoms with Gasteiger partial charge in [-0.15, -0.1) is 0 Å². The second-order valence-corrected chi connectivity index (χ2v) is 9.38. The largest absolute Gasteiger partial charge is 0.495 e. The van der Waals surface area contributed by atoms with Crippen molar-refractivity contribution >= 4 is 38.3 Å². The van der Waals surface area contributed by atoms with Crippen LogP contribution in [-0.4, -0.2) is 30.5 Å². The van der Waals surface area contributed by atoms with Crippen molar-refractivity contribution in [1.82, 2.24) is 9.19 Å².